The Morgan fingerprint density at radius 1 is 1.05 bits per heavy atom. The average Bonchev–Trinajstić information content (AvgIpc) is 2.47. The third kappa shape index (κ3) is 3.43. The molecule has 0 bridgehead atoms. The first-order valence-electron chi connectivity index (χ1n) is 6.31. The average molecular weight is 288 g/mol. The van der Waals surface area contributed by atoms with Crippen LogP contribution in [0.3, 0.4) is 0 Å². The Labute approximate surface area is 121 Å². The van der Waals surface area contributed by atoms with Gasteiger partial charge in [0.15, 0.2) is 11.5 Å². The predicted octanol–water partition coefficient (Wildman–Crippen LogP) is 1.19. The van der Waals surface area contributed by atoms with Crippen LogP contribution in [0.5, 0.6) is 17.2 Å². The monoisotopic (exact) mass is 288 g/mol. The lowest BCUT2D eigenvalue weighted by molar-refractivity contribution is 0.1000. The Kier molecular flexibility index (Phi) is 4.30. The van der Waals surface area contributed by atoms with E-state index in [9.17, 15) is 20.1 Å². The van der Waals surface area contributed by atoms with Gasteiger partial charge in [0, 0.05) is 24.2 Å². The van der Waals surface area contributed by atoms with E-state index in [1.807, 2.05) is 6.07 Å². The van der Waals surface area contributed by atoms with E-state index < -0.39 is 11.7 Å². The SMILES string of the molecule is NC(=O)c1cccc(CNCc2ccc(O)c(O)c2O)c1. The maximum atomic E-state index is 11.1. The molecule has 6 N–H and O–H groups in total. The second-order valence-electron chi connectivity index (χ2n) is 4.61. The first-order chi connectivity index (χ1) is 9.99. The molecule has 0 fully saturated rings. The van der Waals surface area contributed by atoms with Crippen LogP contribution in [0, 0.1) is 0 Å². The molecule has 0 saturated heterocycles. The van der Waals surface area contributed by atoms with Crippen molar-refractivity contribution in [1.82, 2.24) is 5.32 Å². The number of phenols is 3. The van der Waals surface area contributed by atoms with Crippen molar-refractivity contribution in [3.63, 3.8) is 0 Å². The fraction of sp³-hybridized carbons (Fsp3) is 0.133. The first kappa shape index (κ1) is 14.7. The summed E-state index contributed by atoms with van der Waals surface area (Å²) in [6.45, 7) is 0.753. The maximum absolute atomic E-state index is 11.1. The zero-order chi connectivity index (χ0) is 15.4. The largest absolute Gasteiger partial charge is 0.504 e. The molecule has 0 aliphatic carbocycles. The van der Waals surface area contributed by atoms with E-state index in [2.05, 4.69) is 5.32 Å². The van der Waals surface area contributed by atoms with Gasteiger partial charge in [-0.3, -0.25) is 4.79 Å². The van der Waals surface area contributed by atoms with Crippen molar-refractivity contribution in [2.45, 2.75) is 13.1 Å². The van der Waals surface area contributed by atoms with E-state index >= 15 is 0 Å². The van der Waals surface area contributed by atoms with Crippen molar-refractivity contribution in [2.24, 2.45) is 5.73 Å². The Hall–Kier alpha value is -2.73. The van der Waals surface area contributed by atoms with Crippen molar-refractivity contribution in [3.8, 4) is 17.2 Å². The Bertz CT molecular complexity index is 671. The molecular weight excluding hydrogens is 272 g/mol. The van der Waals surface area contributed by atoms with Gasteiger partial charge in [-0.15, -0.1) is 0 Å². The number of hydrogen-bond acceptors (Lipinski definition) is 5. The summed E-state index contributed by atoms with van der Waals surface area (Å²) >= 11 is 0. The van der Waals surface area contributed by atoms with Gasteiger partial charge in [-0.05, 0) is 23.8 Å². The number of benzene rings is 2. The van der Waals surface area contributed by atoms with Crippen molar-refractivity contribution < 1.29 is 20.1 Å². The highest BCUT2D eigenvalue weighted by Gasteiger charge is 2.10. The van der Waals surface area contributed by atoms with Crippen LogP contribution in [-0.4, -0.2) is 21.2 Å². The minimum Gasteiger partial charge on any atom is -0.504 e. The van der Waals surface area contributed by atoms with Gasteiger partial charge in [-0.25, -0.2) is 0 Å². The lowest BCUT2D eigenvalue weighted by Gasteiger charge is -2.09. The van der Waals surface area contributed by atoms with E-state index in [1.54, 1.807) is 18.2 Å². The van der Waals surface area contributed by atoms with Gasteiger partial charge in [0.2, 0.25) is 11.7 Å². The minimum absolute atomic E-state index is 0.292. The van der Waals surface area contributed by atoms with Crippen LogP contribution in [-0.2, 0) is 13.1 Å². The molecule has 21 heavy (non-hydrogen) atoms. The number of hydrogen-bond donors (Lipinski definition) is 5. The summed E-state index contributed by atoms with van der Waals surface area (Å²) in [7, 11) is 0. The molecule has 0 saturated carbocycles. The lowest BCUT2D eigenvalue weighted by atomic mass is 10.1. The van der Waals surface area contributed by atoms with E-state index in [0.717, 1.165) is 5.56 Å². The fourth-order valence-electron chi connectivity index (χ4n) is 1.93. The number of carbonyl (C=O) groups excluding carboxylic acids is 1. The molecule has 110 valence electrons. The number of aromatic hydroxyl groups is 3. The summed E-state index contributed by atoms with van der Waals surface area (Å²) in [5, 5.41) is 31.4. The van der Waals surface area contributed by atoms with Crippen LogP contribution in [0.4, 0.5) is 0 Å². The van der Waals surface area contributed by atoms with E-state index in [0.29, 0.717) is 24.2 Å². The van der Waals surface area contributed by atoms with Crippen LogP contribution in [0.1, 0.15) is 21.5 Å². The van der Waals surface area contributed by atoms with E-state index in [4.69, 9.17) is 5.73 Å². The van der Waals surface area contributed by atoms with Gasteiger partial charge in [-0.2, -0.15) is 0 Å². The second-order valence-corrected chi connectivity index (χ2v) is 4.61. The van der Waals surface area contributed by atoms with Gasteiger partial charge < -0.3 is 26.4 Å². The second kappa shape index (κ2) is 6.15. The maximum Gasteiger partial charge on any atom is 0.248 e. The molecular formula is C15H16N2O4. The summed E-state index contributed by atoms with van der Waals surface area (Å²) in [5.74, 6) is -1.75. The molecule has 2 aromatic carbocycles. The molecule has 0 spiro atoms. The number of phenolic OH excluding ortho intramolecular Hbond substituents is 3. The Morgan fingerprint density at radius 2 is 1.81 bits per heavy atom. The van der Waals surface area contributed by atoms with Crippen LogP contribution in [0.15, 0.2) is 36.4 Å². The zero-order valence-corrected chi connectivity index (χ0v) is 11.2. The Balaban J connectivity index is 2.00. The zero-order valence-electron chi connectivity index (χ0n) is 11.2. The number of carbonyl (C=O) groups is 1. The molecule has 0 aliphatic rings. The molecule has 6 nitrogen and oxygen atoms in total. The molecule has 1 amide bonds. The fourth-order valence-corrected chi connectivity index (χ4v) is 1.93. The van der Waals surface area contributed by atoms with Crippen molar-refractivity contribution in [2.75, 3.05) is 0 Å². The molecule has 6 heteroatoms. The van der Waals surface area contributed by atoms with Gasteiger partial charge in [0.25, 0.3) is 0 Å². The summed E-state index contributed by atoms with van der Waals surface area (Å²) in [5.41, 5.74) is 6.96. The summed E-state index contributed by atoms with van der Waals surface area (Å²) in [4.78, 5) is 11.1. The van der Waals surface area contributed by atoms with Crippen LogP contribution >= 0.6 is 0 Å². The number of rotatable bonds is 5. The van der Waals surface area contributed by atoms with Gasteiger partial charge in [0.05, 0.1) is 0 Å². The minimum atomic E-state index is -0.537. The molecule has 0 radical (unpaired) electrons. The number of nitrogens with two attached hydrogens (primary N) is 1. The quantitative estimate of drug-likeness (QED) is 0.530. The molecule has 0 unspecified atom stereocenters. The molecule has 0 aliphatic heterocycles. The summed E-state index contributed by atoms with van der Waals surface area (Å²) in [6.07, 6.45) is 0. The highest BCUT2D eigenvalue weighted by molar-refractivity contribution is 5.92. The third-order valence-electron chi connectivity index (χ3n) is 3.07. The normalized spacial score (nSPS) is 10.5. The number of nitrogens with one attached hydrogen (secondary N) is 1. The van der Waals surface area contributed by atoms with Crippen LogP contribution in [0.25, 0.3) is 0 Å². The standard InChI is InChI=1S/C15H16N2O4/c16-15(21)10-3-1-2-9(6-10)7-17-8-11-4-5-12(18)14(20)13(11)19/h1-6,17-20H,7-8H2,(H2,16,21). The molecule has 0 aromatic heterocycles. The first-order valence-corrected chi connectivity index (χ1v) is 6.31. The van der Waals surface area contributed by atoms with E-state index in [1.165, 1.54) is 12.1 Å². The number of primary amides is 1. The van der Waals surface area contributed by atoms with E-state index in [-0.39, 0.29) is 11.5 Å². The summed E-state index contributed by atoms with van der Waals surface area (Å²) in [6, 6.07) is 9.71. The van der Waals surface area contributed by atoms with Crippen molar-refractivity contribution in [1.29, 1.82) is 0 Å². The topological polar surface area (TPSA) is 116 Å². The van der Waals surface area contributed by atoms with Crippen molar-refractivity contribution >= 4 is 5.91 Å². The lowest BCUT2D eigenvalue weighted by Crippen LogP contribution is -2.15. The molecule has 2 rings (SSSR count). The van der Waals surface area contributed by atoms with Gasteiger partial charge >= 0.3 is 0 Å². The smallest absolute Gasteiger partial charge is 0.248 e. The van der Waals surface area contributed by atoms with Crippen molar-refractivity contribution in [3.05, 3.63) is 53.1 Å². The Morgan fingerprint density at radius 3 is 2.52 bits per heavy atom. The molecule has 0 atom stereocenters. The molecule has 2 aromatic rings. The van der Waals surface area contributed by atoms with Crippen LogP contribution < -0.4 is 11.1 Å². The van der Waals surface area contributed by atoms with Crippen LogP contribution in [0.2, 0.25) is 0 Å². The predicted molar refractivity (Wildman–Crippen MR) is 76.9 cm³/mol. The number of amides is 1. The van der Waals surface area contributed by atoms with Gasteiger partial charge in [-0.1, -0.05) is 18.2 Å². The highest BCUT2D eigenvalue weighted by atomic mass is 16.3. The van der Waals surface area contributed by atoms with Gasteiger partial charge in [0.1, 0.15) is 0 Å². The summed E-state index contributed by atoms with van der Waals surface area (Å²) < 4.78 is 0. The third-order valence-corrected chi connectivity index (χ3v) is 3.07. The highest BCUT2D eigenvalue weighted by Crippen LogP contribution is 2.36. The molecule has 0 heterocycles.